The van der Waals surface area contributed by atoms with E-state index in [4.69, 9.17) is 5.21 Å². The van der Waals surface area contributed by atoms with E-state index in [1.807, 2.05) is 26.3 Å². The fourth-order valence-corrected chi connectivity index (χ4v) is 0.616. The van der Waals surface area contributed by atoms with E-state index in [0.29, 0.717) is 6.42 Å². The van der Waals surface area contributed by atoms with Gasteiger partial charge in [-0.15, -0.1) is 0 Å². The molecule has 1 atom stereocenters. The lowest BCUT2D eigenvalue weighted by molar-refractivity contribution is -0.125. The molecular formula is C6H15NO2. The SMILES string of the molecule is CCC(O)(NO)C(C)C. The van der Waals surface area contributed by atoms with Crippen molar-refractivity contribution in [3.05, 3.63) is 0 Å². The Balaban J connectivity index is 3.92. The van der Waals surface area contributed by atoms with Crippen molar-refractivity contribution in [3.63, 3.8) is 0 Å². The van der Waals surface area contributed by atoms with Gasteiger partial charge in [0.2, 0.25) is 0 Å². The Labute approximate surface area is 55.7 Å². The summed E-state index contributed by atoms with van der Waals surface area (Å²) in [6.07, 6.45) is 0.501. The first-order chi connectivity index (χ1) is 4.06. The zero-order chi connectivity index (χ0) is 7.49. The first-order valence-corrected chi connectivity index (χ1v) is 3.20. The molecule has 1 unspecified atom stereocenters. The highest BCUT2D eigenvalue weighted by Gasteiger charge is 2.27. The molecule has 9 heavy (non-hydrogen) atoms. The van der Waals surface area contributed by atoms with Crippen LogP contribution in [-0.2, 0) is 0 Å². The molecule has 56 valence electrons. The minimum atomic E-state index is -1.11. The van der Waals surface area contributed by atoms with Crippen LogP contribution in [0.2, 0.25) is 0 Å². The molecule has 0 aliphatic rings. The van der Waals surface area contributed by atoms with Gasteiger partial charge in [0.1, 0.15) is 5.72 Å². The molecule has 0 saturated heterocycles. The van der Waals surface area contributed by atoms with Crippen molar-refractivity contribution in [1.29, 1.82) is 0 Å². The van der Waals surface area contributed by atoms with Gasteiger partial charge in [0.15, 0.2) is 0 Å². The molecule has 0 heterocycles. The molecule has 0 bridgehead atoms. The Morgan fingerprint density at radius 2 is 2.00 bits per heavy atom. The van der Waals surface area contributed by atoms with Crippen LogP contribution in [0.4, 0.5) is 0 Å². The quantitative estimate of drug-likeness (QED) is 0.393. The predicted molar refractivity (Wildman–Crippen MR) is 35.0 cm³/mol. The lowest BCUT2D eigenvalue weighted by atomic mass is 9.98. The van der Waals surface area contributed by atoms with Crippen LogP contribution < -0.4 is 5.48 Å². The highest BCUT2D eigenvalue weighted by atomic mass is 16.5. The Kier molecular flexibility index (Phi) is 3.11. The molecule has 0 radical (unpaired) electrons. The third-order valence-electron chi connectivity index (χ3n) is 1.69. The van der Waals surface area contributed by atoms with Crippen LogP contribution in [0.15, 0.2) is 0 Å². The molecule has 0 saturated carbocycles. The first-order valence-electron chi connectivity index (χ1n) is 3.20. The number of aliphatic hydroxyl groups is 1. The summed E-state index contributed by atoms with van der Waals surface area (Å²) in [4.78, 5) is 0. The summed E-state index contributed by atoms with van der Waals surface area (Å²) in [6, 6.07) is 0. The molecule has 0 aliphatic carbocycles. The molecule has 0 aromatic carbocycles. The van der Waals surface area contributed by atoms with E-state index >= 15 is 0 Å². The highest BCUT2D eigenvalue weighted by molar-refractivity contribution is 4.72. The van der Waals surface area contributed by atoms with E-state index in [2.05, 4.69) is 0 Å². The van der Waals surface area contributed by atoms with Crippen molar-refractivity contribution < 1.29 is 10.3 Å². The van der Waals surface area contributed by atoms with Gasteiger partial charge in [-0.05, 0) is 12.3 Å². The van der Waals surface area contributed by atoms with Gasteiger partial charge in [-0.3, -0.25) is 0 Å². The minimum absolute atomic E-state index is 0.0208. The summed E-state index contributed by atoms with van der Waals surface area (Å²) in [5.74, 6) is 0.0208. The average Bonchev–Trinajstić information content (AvgIpc) is 1.86. The van der Waals surface area contributed by atoms with Crippen molar-refractivity contribution in [2.45, 2.75) is 32.9 Å². The molecular weight excluding hydrogens is 118 g/mol. The molecule has 0 aromatic heterocycles. The van der Waals surface area contributed by atoms with Crippen molar-refractivity contribution in [1.82, 2.24) is 5.48 Å². The number of hydrogen-bond donors (Lipinski definition) is 3. The molecule has 0 amide bonds. The van der Waals surface area contributed by atoms with Crippen LogP contribution in [-0.4, -0.2) is 16.0 Å². The van der Waals surface area contributed by atoms with Crippen LogP contribution in [0.1, 0.15) is 27.2 Å². The molecule has 3 heteroatoms. The van der Waals surface area contributed by atoms with Crippen molar-refractivity contribution in [2.24, 2.45) is 5.92 Å². The maximum absolute atomic E-state index is 9.34. The van der Waals surface area contributed by atoms with E-state index in [1.165, 1.54) is 0 Å². The Morgan fingerprint density at radius 1 is 1.56 bits per heavy atom. The normalized spacial score (nSPS) is 18.0. The fourth-order valence-electron chi connectivity index (χ4n) is 0.616. The third-order valence-corrected chi connectivity index (χ3v) is 1.69. The van der Waals surface area contributed by atoms with Crippen LogP contribution in [0, 0.1) is 5.92 Å². The zero-order valence-corrected chi connectivity index (χ0v) is 6.18. The highest BCUT2D eigenvalue weighted by Crippen LogP contribution is 2.15. The van der Waals surface area contributed by atoms with Crippen LogP contribution in [0.5, 0.6) is 0 Å². The molecule has 3 N–H and O–H groups in total. The lowest BCUT2D eigenvalue weighted by Gasteiger charge is -2.28. The summed E-state index contributed by atoms with van der Waals surface area (Å²) < 4.78 is 0. The van der Waals surface area contributed by atoms with Crippen LogP contribution in [0.25, 0.3) is 0 Å². The summed E-state index contributed by atoms with van der Waals surface area (Å²) >= 11 is 0. The van der Waals surface area contributed by atoms with Crippen LogP contribution in [0.3, 0.4) is 0 Å². The molecule has 3 nitrogen and oxygen atoms in total. The minimum Gasteiger partial charge on any atom is -0.374 e. The van der Waals surface area contributed by atoms with E-state index in [1.54, 1.807) is 0 Å². The van der Waals surface area contributed by atoms with E-state index in [9.17, 15) is 5.11 Å². The monoisotopic (exact) mass is 133 g/mol. The number of nitrogens with one attached hydrogen (secondary N) is 1. The lowest BCUT2D eigenvalue weighted by Crippen LogP contribution is -2.47. The second-order valence-electron chi connectivity index (χ2n) is 2.54. The van der Waals surface area contributed by atoms with Gasteiger partial charge in [-0.2, -0.15) is 5.48 Å². The van der Waals surface area contributed by atoms with Crippen molar-refractivity contribution in [3.8, 4) is 0 Å². The molecule has 0 fully saturated rings. The Bertz CT molecular complexity index is 79.1. The van der Waals surface area contributed by atoms with Gasteiger partial charge < -0.3 is 10.3 Å². The molecule has 0 rings (SSSR count). The first kappa shape index (κ1) is 8.88. The Morgan fingerprint density at radius 3 is 2.00 bits per heavy atom. The van der Waals surface area contributed by atoms with Gasteiger partial charge >= 0.3 is 0 Å². The van der Waals surface area contributed by atoms with Crippen LogP contribution >= 0.6 is 0 Å². The van der Waals surface area contributed by atoms with E-state index in [-0.39, 0.29) is 5.92 Å². The Hall–Kier alpha value is -0.120. The summed E-state index contributed by atoms with van der Waals surface area (Å²) in [5, 5.41) is 17.8. The second kappa shape index (κ2) is 3.15. The van der Waals surface area contributed by atoms with E-state index in [0.717, 1.165) is 0 Å². The van der Waals surface area contributed by atoms with Gasteiger partial charge in [0, 0.05) is 0 Å². The van der Waals surface area contributed by atoms with Gasteiger partial charge in [-0.1, -0.05) is 20.8 Å². The van der Waals surface area contributed by atoms with Crippen molar-refractivity contribution >= 4 is 0 Å². The van der Waals surface area contributed by atoms with Crippen molar-refractivity contribution in [2.75, 3.05) is 0 Å². The number of hydrogen-bond acceptors (Lipinski definition) is 3. The predicted octanol–water partition coefficient (Wildman–Crippen LogP) is 0.720. The summed E-state index contributed by atoms with van der Waals surface area (Å²) in [7, 11) is 0. The van der Waals surface area contributed by atoms with Gasteiger partial charge in [-0.25, -0.2) is 0 Å². The maximum atomic E-state index is 9.34. The molecule has 0 spiro atoms. The van der Waals surface area contributed by atoms with Gasteiger partial charge in [0.05, 0.1) is 0 Å². The molecule has 0 aliphatic heterocycles. The number of rotatable bonds is 3. The topological polar surface area (TPSA) is 52.5 Å². The van der Waals surface area contributed by atoms with Gasteiger partial charge in [0.25, 0.3) is 0 Å². The maximum Gasteiger partial charge on any atom is 0.139 e. The summed E-state index contributed by atoms with van der Waals surface area (Å²) in [6.45, 7) is 5.49. The zero-order valence-electron chi connectivity index (χ0n) is 6.18. The average molecular weight is 133 g/mol. The molecule has 0 aromatic rings. The smallest absolute Gasteiger partial charge is 0.139 e. The standard InChI is InChI=1S/C6H15NO2/c1-4-6(8,7-9)5(2)3/h5,7-9H,4H2,1-3H3. The third kappa shape index (κ3) is 1.93. The van der Waals surface area contributed by atoms with E-state index < -0.39 is 5.72 Å². The summed E-state index contributed by atoms with van der Waals surface area (Å²) in [5.41, 5.74) is 0.772. The number of hydroxylamine groups is 1. The second-order valence-corrected chi connectivity index (χ2v) is 2.54. The largest absolute Gasteiger partial charge is 0.374 e. The fraction of sp³-hybridized carbons (Fsp3) is 1.00.